The molecule has 1 atom stereocenters. The molecule has 46 valence electrons. The van der Waals surface area contributed by atoms with Crippen molar-refractivity contribution < 1.29 is 16.3 Å². The molecule has 0 radical (unpaired) electrons. The van der Waals surface area contributed by atoms with Gasteiger partial charge in [-0.05, 0) is 3.97 Å². The maximum absolute atomic E-state index is 9.66. The summed E-state index contributed by atoms with van der Waals surface area (Å²) in [5, 5.41) is 0. The Hall–Kier alpha value is 1.63. The van der Waals surface area contributed by atoms with Crippen LogP contribution in [0, 0.1) is 0 Å². The van der Waals surface area contributed by atoms with Crippen LogP contribution in [0.25, 0.3) is 0 Å². The molecule has 0 saturated heterocycles. The maximum Gasteiger partial charge on any atom is 2.00 e. The van der Waals surface area contributed by atoms with Crippen LogP contribution in [0.1, 0.15) is 9.78 Å². The Bertz CT molecular complexity index is 77.5. The monoisotopic (exact) mass is 183 g/mol. The Morgan fingerprint density at radius 3 is 2.62 bits per heavy atom. The molecule has 3 nitrogen and oxygen atoms in total. The van der Waals surface area contributed by atoms with Crippen molar-refractivity contribution >= 4 is 58.0 Å². The van der Waals surface area contributed by atoms with Crippen molar-refractivity contribution in [2.24, 2.45) is 0 Å². The molecule has 0 aliphatic carbocycles. The standard InChI is InChI=1S/C2H5O3PS.Ca.2H/c1-2-7-5-6(3)4;;;/h2H2,1H3;;;/q;+2;2*-1/p+1. The summed E-state index contributed by atoms with van der Waals surface area (Å²) < 4.78 is 13.8. The van der Waals surface area contributed by atoms with Gasteiger partial charge in [-0.15, -0.1) is 4.89 Å². The van der Waals surface area contributed by atoms with Crippen LogP contribution in [0.15, 0.2) is 0 Å². The van der Waals surface area contributed by atoms with Crippen LogP contribution in [0.5, 0.6) is 0 Å². The van der Waals surface area contributed by atoms with Gasteiger partial charge in [-0.1, -0.05) is 6.92 Å². The normalized spacial score (nSPS) is 10.0. The van der Waals surface area contributed by atoms with Crippen LogP contribution in [0.2, 0.25) is 0 Å². The van der Waals surface area contributed by atoms with E-state index in [-0.39, 0.29) is 40.6 Å². The van der Waals surface area contributed by atoms with Crippen LogP contribution < -0.4 is 0 Å². The van der Waals surface area contributed by atoms with Crippen molar-refractivity contribution in [3.8, 4) is 0 Å². The summed E-state index contributed by atoms with van der Waals surface area (Å²) in [7, 11) is -2.39. The van der Waals surface area contributed by atoms with Crippen LogP contribution in [0.4, 0.5) is 0 Å². The Morgan fingerprint density at radius 1 is 2.00 bits per heavy atom. The summed E-state index contributed by atoms with van der Waals surface area (Å²) in [4.78, 5) is 7.95. The third kappa shape index (κ3) is 10.6. The topological polar surface area (TPSA) is 46.5 Å². The minimum atomic E-state index is -2.39. The fourth-order valence-electron chi connectivity index (χ4n) is 0.0978. The van der Waals surface area contributed by atoms with E-state index in [1.807, 2.05) is 6.92 Å². The van der Waals surface area contributed by atoms with Crippen molar-refractivity contribution in [2.75, 3.05) is 5.75 Å². The van der Waals surface area contributed by atoms with Gasteiger partial charge in [0.2, 0.25) is 0 Å². The van der Waals surface area contributed by atoms with E-state index in [0.717, 1.165) is 12.0 Å². The van der Waals surface area contributed by atoms with Crippen LogP contribution >= 0.6 is 20.3 Å². The largest absolute Gasteiger partial charge is 2.00 e. The molecule has 8 heavy (non-hydrogen) atoms. The molecule has 0 aliphatic rings. The van der Waals surface area contributed by atoms with E-state index in [1.165, 1.54) is 0 Å². The summed E-state index contributed by atoms with van der Waals surface area (Å²) in [5.74, 6) is 0.696. The summed E-state index contributed by atoms with van der Waals surface area (Å²) in [6, 6.07) is 0. The van der Waals surface area contributed by atoms with E-state index < -0.39 is 8.25 Å². The van der Waals surface area contributed by atoms with Crippen molar-refractivity contribution in [3.63, 3.8) is 0 Å². The zero-order valence-electron chi connectivity index (χ0n) is 6.53. The van der Waals surface area contributed by atoms with Gasteiger partial charge in [0.15, 0.2) is 0 Å². The van der Waals surface area contributed by atoms with Crippen molar-refractivity contribution in [2.45, 2.75) is 6.92 Å². The first-order chi connectivity index (χ1) is 3.27. The van der Waals surface area contributed by atoms with E-state index in [0.29, 0.717) is 5.75 Å². The molecule has 0 aromatic heterocycles. The molecule has 0 amide bonds. The molecular formula is C2H8CaO3PS+. The summed E-state index contributed by atoms with van der Waals surface area (Å²) in [5.41, 5.74) is 0. The van der Waals surface area contributed by atoms with Gasteiger partial charge in [0, 0.05) is 10.3 Å². The predicted octanol–water partition coefficient (Wildman–Crippen LogP) is 1.16. The molecule has 6 heteroatoms. The van der Waals surface area contributed by atoms with E-state index in [4.69, 9.17) is 4.89 Å². The zero-order chi connectivity index (χ0) is 5.70. The molecule has 1 unspecified atom stereocenters. The van der Waals surface area contributed by atoms with Gasteiger partial charge in [0.25, 0.3) is 0 Å². The first kappa shape index (κ1) is 12.3. The van der Waals surface area contributed by atoms with Crippen molar-refractivity contribution in [1.82, 2.24) is 0 Å². The van der Waals surface area contributed by atoms with Gasteiger partial charge in [-0.2, -0.15) is 0 Å². The van der Waals surface area contributed by atoms with Gasteiger partial charge in [0.05, 0.1) is 12.0 Å². The first-order valence-electron chi connectivity index (χ1n) is 1.73. The number of rotatable bonds is 3. The van der Waals surface area contributed by atoms with Crippen LogP contribution in [-0.4, -0.2) is 48.4 Å². The Kier molecular flexibility index (Phi) is 13.3. The molecule has 0 heterocycles. The smallest absolute Gasteiger partial charge is 1.00 e. The predicted molar refractivity (Wildman–Crippen MR) is 37.0 cm³/mol. The van der Waals surface area contributed by atoms with Crippen molar-refractivity contribution in [3.05, 3.63) is 0 Å². The van der Waals surface area contributed by atoms with Crippen molar-refractivity contribution in [1.29, 1.82) is 0 Å². The SMILES string of the molecule is CCSO[P+](=O)O.[Ca+2].[H-].[H-]. The molecule has 0 aliphatic heterocycles. The van der Waals surface area contributed by atoms with Gasteiger partial charge in [-0.3, -0.25) is 0 Å². The zero-order valence-corrected chi connectivity index (χ0v) is 8.45. The second-order valence-electron chi connectivity index (χ2n) is 0.719. The molecule has 0 saturated carbocycles. The third-order valence-corrected chi connectivity index (χ3v) is 1.40. The van der Waals surface area contributed by atoms with Crippen LogP contribution in [0.3, 0.4) is 0 Å². The van der Waals surface area contributed by atoms with Gasteiger partial charge in [-0.25, -0.2) is 0 Å². The molecule has 0 aromatic carbocycles. The van der Waals surface area contributed by atoms with Gasteiger partial charge < -0.3 is 2.85 Å². The number of hydrogen-bond acceptors (Lipinski definition) is 3. The molecule has 0 aromatic rings. The van der Waals surface area contributed by atoms with E-state index in [1.54, 1.807) is 0 Å². The molecular weight excluding hydrogens is 175 g/mol. The average Bonchev–Trinajstić information content (AvgIpc) is 1.61. The summed E-state index contributed by atoms with van der Waals surface area (Å²) >= 11 is 0.983. The third-order valence-electron chi connectivity index (χ3n) is 0.234. The summed E-state index contributed by atoms with van der Waals surface area (Å²) in [6.45, 7) is 1.84. The molecule has 0 bridgehead atoms. The Balaban J connectivity index is -0.0000000600. The second-order valence-corrected chi connectivity index (χ2v) is 2.60. The maximum atomic E-state index is 9.66. The van der Waals surface area contributed by atoms with E-state index in [9.17, 15) is 4.57 Å². The fourth-order valence-corrected chi connectivity index (χ4v) is 0.880. The average molecular weight is 183 g/mol. The minimum absolute atomic E-state index is 0. The summed E-state index contributed by atoms with van der Waals surface area (Å²) in [6.07, 6.45) is 0. The fraction of sp³-hybridized carbons (Fsp3) is 1.00. The van der Waals surface area contributed by atoms with E-state index in [2.05, 4.69) is 3.97 Å². The van der Waals surface area contributed by atoms with Crippen LogP contribution in [-0.2, 0) is 8.54 Å². The first-order valence-corrected chi connectivity index (χ1v) is 3.77. The molecule has 0 fully saturated rings. The molecule has 1 N–H and O–H groups in total. The quantitative estimate of drug-likeness (QED) is 0.405. The second kappa shape index (κ2) is 8.63. The Morgan fingerprint density at radius 2 is 2.50 bits per heavy atom. The van der Waals surface area contributed by atoms with Gasteiger partial charge >= 0.3 is 46.0 Å². The molecule has 0 spiro atoms. The Labute approximate surface area is 86.3 Å². The number of hydrogen-bond donors (Lipinski definition) is 1. The minimum Gasteiger partial charge on any atom is -1.00 e. The van der Waals surface area contributed by atoms with E-state index >= 15 is 0 Å². The van der Waals surface area contributed by atoms with Gasteiger partial charge in [0.1, 0.15) is 0 Å². The molecule has 0 rings (SSSR count).